The summed E-state index contributed by atoms with van der Waals surface area (Å²) in [6.07, 6.45) is 2.05. The van der Waals surface area contributed by atoms with Gasteiger partial charge in [-0.2, -0.15) is 0 Å². The zero-order valence-electron chi connectivity index (χ0n) is 9.70. The third kappa shape index (κ3) is 2.11. The largest absolute Gasteiger partial charge is 0.322 e. The monoisotopic (exact) mass is 228 g/mol. The normalized spacial score (nSPS) is 19.9. The van der Waals surface area contributed by atoms with Crippen molar-refractivity contribution in [2.24, 2.45) is 5.92 Å². The minimum Gasteiger partial charge on any atom is -0.322 e. The van der Waals surface area contributed by atoms with E-state index in [4.69, 9.17) is 0 Å². The fourth-order valence-electron chi connectivity index (χ4n) is 2.54. The number of aromatic amines is 1. The van der Waals surface area contributed by atoms with Crippen LogP contribution in [0.2, 0.25) is 0 Å². The Hall–Kier alpha value is -1.61. The third-order valence-corrected chi connectivity index (χ3v) is 3.50. The molecule has 1 fully saturated rings. The average molecular weight is 228 g/mol. The fourth-order valence-corrected chi connectivity index (χ4v) is 2.54. The SMILES string of the molecule is O=c1[nH]c2ccccc2cc1CC1CCNC1. The molecule has 17 heavy (non-hydrogen) atoms. The minimum atomic E-state index is 0.0654. The molecular formula is C14H16N2O. The summed E-state index contributed by atoms with van der Waals surface area (Å²) in [7, 11) is 0. The van der Waals surface area contributed by atoms with E-state index in [2.05, 4.69) is 10.3 Å². The van der Waals surface area contributed by atoms with Gasteiger partial charge in [-0.3, -0.25) is 4.79 Å². The summed E-state index contributed by atoms with van der Waals surface area (Å²) in [5.74, 6) is 0.609. The predicted octanol–water partition coefficient (Wildman–Crippen LogP) is 1.68. The summed E-state index contributed by atoms with van der Waals surface area (Å²) < 4.78 is 0. The van der Waals surface area contributed by atoms with Gasteiger partial charge in [-0.05, 0) is 49.4 Å². The summed E-state index contributed by atoms with van der Waals surface area (Å²) in [4.78, 5) is 14.9. The number of benzene rings is 1. The van der Waals surface area contributed by atoms with Gasteiger partial charge < -0.3 is 10.3 Å². The predicted molar refractivity (Wildman–Crippen MR) is 69.2 cm³/mol. The van der Waals surface area contributed by atoms with Crippen LogP contribution in [-0.4, -0.2) is 18.1 Å². The van der Waals surface area contributed by atoms with Crippen LogP contribution in [0.5, 0.6) is 0 Å². The Kier molecular flexibility index (Phi) is 2.69. The maximum absolute atomic E-state index is 11.9. The van der Waals surface area contributed by atoms with Gasteiger partial charge in [-0.25, -0.2) is 0 Å². The molecule has 0 saturated carbocycles. The van der Waals surface area contributed by atoms with Crippen molar-refractivity contribution < 1.29 is 0 Å². The van der Waals surface area contributed by atoms with Crippen molar-refractivity contribution in [2.45, 2.75) is 12.8 Å². The Morgan fingerprint density at radius 2 is 2.18 bits per heavy atom. The second-order valence-electron chi connectivity index (χ2n) is 4.77. The molecule has 3 rings (SSSR count). The van der Waals surface area contributed by atoms with Gasteiger partial charge in [-0.15, -0.1) is 0 Å². The number of aromatic nitrogens is 1. The standard InChI is InChI=1S/C14H16N2O/c17-14-12(7-10-5-6-15-9-10)8-11-3-1-2-4-13(11)16-14/h1-4,8,10,15H,5-7,9H2,(H,16,17). The lowest BCUT2D eigenvalue weighted by molar-refractivity contribution is 0.577. The van der Waals surface area contributed by atoms with E-state index in [1.165, 1.54) is 6.42 Å². The summed E-state index contributed by atoms with van der Waals surface area (Å²) in [6.45, 7) is 2.11. The number of fused-ring (bicyclic) bond motifs is 1. The molecule has 1 aromatic carbocycles. The van der Waals surface area contributed by atoms with Crippen molar-refractivity contribution in [3.05, 3.63) is 46.2 Å². The molecule has 3 heteroatoms. The summed E-state index contributed by atoms with van der Waals surface area (Å²) >= 11 is 0. The van der Waals surface area contributed by atoms with Crippen molar-refractivity contribution >= 4 is 10.9 Å². The highest BCUT2D eigenvalue weighted by molar-refractivity contribution is 5.78. The Morgan fingerprint density at radius 3 is 3.00 bits per heavy atom. The maximum atomic E-state index is 11.9. The van der Waals surface area contributed by atoms with Gasteiger partial charge in [0.15, 0.2) is 0 Å². The number of rotatable bonds is 2. The van der Waals surface area contributed by atoms with Gasteiger partial charge in [0, 0.05) is 11.1 Å². The van der Waals surface area contributed by atoms with Crippen LogP contribution in [0.4, 0.5) is 0 Å². The van der Waals surface area contributed by atoms with Crippen molar-refractivity contribution in [1.82, 2.24) is 10.3 Å². The third-order valence-electron chi connectivity index (χ3n) is 3.50. The van der Waals surface area contributed by atoms with E-state index in [0.29, 0.717) is 5.92 Å². The Morgan fingerprint density at radius 1 is 1.29 bits per heavy atom. The number of H-pyrrole nitrogens is 1. The fraction of sp³-hybridized carbons (Fsp3) is 0.357. The van der Waals surface area contributed by atoms with Gasteiger partial charge >= 0.3 is 0 Å². The van der Waals surface area contributed by atoms with Gasteiger partial charge in [0.2, 0.25) is 0 Å². The maximum Gasteiger partial charge on any atom is 0.251 e. The zero-order valence-corrected chi connectivity index (χ0v) is 9.70. The molecule has 1 aromatic heterocycles. The molecule has 0 spiro atoms. The lowest BCUT2D eigenvalue weighted by atomic mass is 9.99. The van der Waals surface area contributed by atoms with Crippen molar-refractivity contribution in [3.63, 3.8) is 0 Å². The van der Waals surface area contributed by atoms with Crippen LogP contribution in [0.1, 0.15) is 12.0 Å². The molecule has 1 aliphatic heterocycles. The Labute approximate surface area is 99.9 Å². The van der Waals surface area contributed by atoms with Gasteiger partial charge in [0.25, 0.3) is 5.56 Å². The molecule has 0 radical (unpaired) electrons. The zero-order chi connectivity index (χ0) is 11.7. The first kappa shape index (κ1) is 10.5. The lowest BCUT2D eigenvalue weighted by Crippen LogP contribution is -2.18. The van der Waals surface area contributed by atoms with Crippen molar-refractivity contribution in [3.8, 4) is 0 Å². The molecule has 1 saturated heterocycles. The molecule has 0 bridgehead atoms. The van der Waals surface area contributed by atoms with Gasteiger partial charge in [0.05, 0.1) is 0 Å². The molecule has 1 unspecified atom stereocenters. The van der Waals surface area contributed by atoms with E-state index < -0.39 is 0 Å². The van der Waals surface area contributed by atoms with E-state index >= 15 is 0 Å². The number of hydrogen-bond donors (Lipinski definition) is 2. The van der Waals surface area contributed by atoms with E-state index in [1.807, 2.05) is 30.3 Å². The Bertz CT molecular complexity index is 582. The van der Waals surface area contributed by atoms with Crippen LogP contribution in [-0.2, 0) is 6.42 Å². The minimum absolute atomic E-state index is 0.0654. The topological polar surface area (TPSA) is 44.9 Å². The van der Waals surface area contributed by atoms with Crippen molar-refractivity contribution in [1.29, 1.82) is 0 Å². The highest BCUT2D eigenvalue weighted by Gasteiger charge is 2.16. The number of pyridine rings is 1. The van der Waals surface area contributed by atoms with Gasteiger partial charge in [-0.1, -0.05) is 18.2 Å². The van der Waals surface area contributed by atoms with E-state index in [-0.39, 0.29) is 5.56 Å². The molecule has 3 nitrogen and oxygen atoms in total. The highest BCUT2D eigenvalue weighted by atomic mass is 16.1. The number of hydrogen-bond acceptors (Lipinski definition) is 2. The second kappa shape index (κ2) is 4.34. The highest BCUT2D eigenvalue weighted by Crippen LogP contribution is 2.16. The first-order valence-corrected chi connectivity index (χ1v) is 6.14. The first-order chi connectivity index (χ1) is 8.33. The number of nitrogens with one attached hydrogen (secondary N) is 2. The molecule has 1 aliphatic rings. The lowest BCUT2D eigenvalue weighted by Gasteiger charge is -2.08. The van der Waals surface area contributed by atoms with Crippen LogP contribution >= 0.6 is 0 Å². The van der Waals surface area contributed by atoms with Gasteiger partial charge in [0.1, 0.15) is 0 Å². The average Bonchev–Trinajstić information content (AvgIpc) is 2.83. The molecule has 88 valence electrons. The molecule has 2 heterocycles. The summed E-state index contributed by atoms with van der Waals surface area (Å²) in [6, 6.07) is 9.96. The van der Waals surface area contributed by atoms with Crippen LogP contribution in [0.25, 0.3) is 10.9 Å². The molecular weight excluding hydrogens is 212 g/mol. The molecule has 0 amide bonds. The second-order valence-corrected chi connectivity index (χ2v) is 4.77. The van der Waals surface area contributed by atoms with E-state index in [9.17, 15) is 4.79 Å². The molecule has 2 N–H and O–H groups in total. The van der Waals surface area contributed by atoms with E-state index in [1.54, 1.807) is 0 Å². The Balaban J connectivity index is 1.98. The quantitative estimate of drug-likeness (QED) is 0.821. The van der Waals surface area contributed by atoms with E-state index in [0.717, 1.165) is 36.0 Å². The first-order valence-electron chi connectivity index (χ1n) is 6.14. The van der Waals surface area contributed by atoms with Crippen LogP contribution < -0.4 is 10.9 Å². The van der Waals surface area contributed by atoms with Crippen LogP contribution in [0.3, 0.4) is 0 Å². The van der Waals surface area contributed by atoms with Crippen LogP contribution in [0, 0.1) is 5.92 Å². The summed E-state index contributed by atoms with van der Waals surface area (Å²) in [5, 5.41) is 4.46. The molecule has 2 aromatic rings. The van der Waals surface area contributed by atoms with Crippen molar-refractivity contribution in [2.75, 3.05) is 13.1 Å². The summed E-state index contributed by atoms with van der Waals surface area (Å²) in [5.41, 5.74) is 1.90. The number of para-hydroxylation sites is 1. The smallest absolute Gasteiger partial charge is 0.251 e. The van der Waals surface area contributed by atoms with Crippen LogP contribution in [0.15, 0.2) is 35.1 Å². The molecule has 1 atom stereocenters. The molecule has 0 aliphatic carbocycles.